The molecule has 0 atom stereocenters. The normalized spacial score (nSPS) is 16.6. The molecule has 0 bridgehead atoms. The number of aromatic carboxylic acids is 1. The van der Waals surface area contributed by atoms with Crippen LogP contribution < -0.4 is 14.4 Å². The first-order valence-corrected chi connectivity index (χ1v) is 15.1. The van der Waals surface area contributed by atoms with Gasteiger partial charge in [-0.15, -0.1) is 0 Å². The molecule has 3 aromatic carbocycles. The lowest BCUT2D eigenvalue weighted by atomic mass is 10.1. The maximum atomic E-state index is 11.8. The number of anilines is 1. The van der Waals surface area contributed by atoms with Gasteiger partial charge in [0.2, 0.25) is 0 Å². The number of carboxylic acids is 1. The van der Waals surface area contributed by atoms with E-state index in [1.807, 2.05) is 48.5 Å². The largest absolute Gasteiger partial charge is 0.494 e. The van der Waals surface area contributed by atoms with Gasteiger partial charge in [-0.05, 0) is 80.4 Å². The molecule has 0 aromatic heterocycles. The van der Waals surface area contributed by atoms with E-state index in [9.17, 15) is 9.90 Å². The number of para-hydroxylation sites is 1. The summed E-state index contributed by atoms with van der Waals surface area (Å²) >= 11 is 3.73. The van der Waals surface area contributed by atoms with Crippen LogP contribution in [0.3, 0.4) is 0 Å². The third kappa shape index (κ3) is 7.77. The standard InChI is InChI=1S/C32H38BrN3O4/c33-30-13-11-28(39-21-7-16-34-14-5-2-6-15-34)22-25(30)24-35-17-19-36(20-18-35)26-10-12-29(32(37)38)31(23-26)40-27-8-3-1-4-9-27/h1,3-4,8-13,22-23H,2,5-7,14-21,24H2,(H,37,38). The molecule has 0 spiro atoms. The molecule has 2 aliphatic rings. The van der Waals surface area contributed by atoms with Crippen molar-refractivity contribution in [3.8, 4) is 17.2 Å². The van der Waals surface area contributed by atoms with Crippen molar-refractivity contribution in [1.82, 2.24) is 9.80 Å². The summed E-state index contributed by atoms with van der Waals surface area (Å²) in [6.45, 7) is 8.67. The second kappa shape index (κ2) is 14.0. The Balaban J connectivity index is 1.14. The summed E-state index contributed by atoms with van der Waals surface area (Å²) in [4.78, 5) is 19.1. The minimum Gasteiger partial charge on any atom is -0.494 e. The second-order valence-electron chi connectivity index (χ2n) is 10.5. The van der Waals surface area contributed by atoms with Gasteiger partial charge < -0.3 is 24.4 Å². The van der Waals surface area contributed by atoms with Gasteiger partial charge in [-0.2, -0.15) is 0 Å². The average molecular weight is 609 g/mol. The molecule has 7 nitrogen and oxygen atoms in total. The molecular formula is C32H38BrN3O4. The molecule has 0 amide bonds. The van der Waals surface area contributed by atoms with Crippen LogP contribution >= 0.6 is 15.9 Å². The van der Waals surface area contributed by atoms with Gasteiger partial charge in [-0.25, -0.2) is 4.79 Å². The van der Waals surface area contributed by atoms with Crippen molar-refractivity contribution in [2.24, 2.45) is 0 Å². The van der Waals surface area contributed by atoms with E-state index < -0.39 is 5.97 Å². The van der Waals surface area contributed by atoms with Crippen LogP contribution in [0.2, 0.25) is 0 Å². The molecule has 0 unspecified atom stereocenters. The SMILES string of the molecule is O=C(O)c1ccc(N2CCN(Cc3cc(OCCCN4CCCCC4)ccc3Br)CC2)cc1Oc1ccccc1. The first-order valence-electron chi connectivity index (χ1n) is 14.3. The molecule has 212 valence electrons. The summed E-state index contributed by atoms with van der Waals surface area (Å²) in [5.41, 5.74) is 2.35. The second-order valence-corrected chi connectivity index (χ2v) is 11.4. The molecule has 2 aliphatic heterocycles. The molecule has 3 aromatic rings. The zero-order valence-corrected chi connectivity index (χ0v) is 24.5. The van der Waals surface area contributed by atoms with Crippen LogP contribution in [0.1, 0.15) is 41.6 Å². The first-order chi connectivity index (χ1) is 19.5. The molecule has 0 aliphatic carbocycles. The Labute approximate surface area is 245 Å². The molecule has 5 rings (SSSR count). The number of benzene rings is 3. The van der Waals surface area contributed by atoms with Crippen LogP contribution in [0.15, 0.2) is 71.2 Å². The van der Waals surface area contributed by atoms with Gasteiger partial charge in [-0.1, -0.05) is 40.5 Å². The lowest BCUT2D eigenvalue weighted by Gasteiger charge is -2.36. The van der Waals surface area contributed by atoms with E-state index in [2.05, 4.69) is 42.8 Å². The number of rotatable bonds is 11. The average Bonchev–Trinajstić information content (AvgIpc) is 2.98. The van der Waals surface area contributed by atoms with E-state index in [4.69, 9.17) is 9.47 Å². The third-order valence-corrected chi connectivity index (χ3v) is 8.42. The van der Waals surface area contributed by atoms with Crippen molar-refractivity contribution in [1.29, 1.82) is 0 Å². The van der Waals surface area contributed by atoms with Crippen LogP contribution in [0, 0.1) is 0 Å². The highest BCUT2D eigenvalue weighted by Gasteiger charge is 2.21. The van der Waals surface area contributed by atoms with Gasteiger partial charge in [-0.3, -0.25) is 4.90 Å². The Morgan fingerprint density at radius 2 is 1.60 bits per heavy atom. The Morgan fingerprint density at radius 3 is 2.35 bits per heavy atom. The molecule has 0 radical (unpaired) electrons. The highest BCUT2D eigenvalue weighted by Crippen LogP contribution is 2.31. The molecule has 1 N–H and O–H groups in total. The molecule has 40 heavy (non-hydrogen) atoms. The monoisotopic (exact) mass is 607 g/mol. The predicted molar refractivity (Wildman–Crippen MR) is 162 cm³/mol. The zero-order valence-electron chi connectivity index (χ0n) is 22.9. The van der Waals surface area contributed by atoms with Crippen LogP contribution in [0.25, 0.3) is 0 Å². The molecular weight excluding hydrogens is 570 g/mol. The van der Waals surface area contributed by atoms with Gasteiger partial charge in [0.05, 0.1) is 6.61 Å². The fourth-order valence-corrected chi connectivity index (χ4v) is 5.78. The van der Waals surface area contributed by atoms with Gasteiger partial charge in [0.25, 0.3) is 0 Å². The number of hydrogen-bond donors (Lipinski definition) is 1. The zero-order chi connectivity index (χ0) is 27.7. The summed E-state index contributed by atoms with van der Waals surface area (Å²) in [6.07, 6.45) is 5.07. The molecule has 2 saturated heterocycles. The highest BCUT2D eigenvalue weighted by molar-refractivity contribution is 9.10. The molecule has 0 saturated carbocycles. The lowest BCUT2D eigenvalue weighted by Crippen LogP contribution is -2.46. The number of ether oxygens (including phenoxy) is 2. The van der Waals surface area contributed by atoms with E-state index in [-0.39, 0.29) is 5.56 Å². The van der Waals surface area contributed by atoms with E-state index in [1.165, 1.54) is 37.9 Å². The van der Waals surface area contributed by atoms with E-state index in [0.29, 0.717) is 11.5 Å². The van der Waals surface area contributed by atoms with E-state index in [0.717, 1.165) is 68.2 Å². The van der Waals surface area contributed by atoms with Crippen molar-refractivity contribution < 1.29 is 19.4 Å². The number of carboxylic acid groups (broad SMARTS) is 1. The van der Waals surface area contributed by atoms with Crippen molar-refractivity contribution in [2.75, 3.05) is 57.3 Å². The number of hydrogen-bond acceptors (Lipinski definition) is 6. The number of piperidine rings is 1. The number of carbonyl (C=O) groups is 1. The van der Waals surface area contributed by atoms with Crippen molar-refractivity contribution >= 4 is 27.6 Å². The quantitative estimate of drug-likeness (QED) is 0.249. The number of nitrogens with zero attached hydrogens (tertiary/aromatic N) is 3. The fraction of sp³-hybridized carbons (Fsp3) is 0.406. The molecule has 8 heteroatoms. The van der Waals surface area contributed by atoms with Crippen LogP contribution in [0.5, 0.6) is 17.2 Å². The summed E-state index contributed by atoms with van der Waals surface area (Å²) in [5, 5.41) is 9.66. The van der Waals surface area contributed by atoms with Crippen molar-refractivity contribution in [2.45, 2.75) is 32.2 Å². The van der Waals surface area contributed by atoms with Crippen molar-refractivity contribution in [3.05, 3.63) is 82.3 Å². The Bertz CT molecular complexity index is 1260. The van der Waals surface area contributed by atoms with Gasteiger partial charge in [0.15, 0.2) is 0 Å². The van der Waals surface area contributed by atoms with Gasteiger partial charge >= 0.3 is 5.97 Å². The van der Waals surface area contributed by atoms with E-state index in [1.54, 1.807) is 6.07 Å². The van der Waals surface area contributed by atoms with Crippen LogP contribution in [0.4, 0.5) is 5.69 Å². The Kier molecular flexibility index (Phi) is 9.97. The minimum atomic E-state index is -0.999. The molecule has 2 fully saturated rings. The topological polar surface area (TPSA) is 65.5 Å². The highest BCUT2D eigenvalue weighted by atomic mass is 79.9. The summed E-state index contributed by atoms with van der Waals surface area (Å²) in [6, 6.07) is 20.9. The van der Waals surface area contributed by atoms with Gasteiger partial charge in [0, 0.05) is 55.5 Å². The third-order valence-electron chi connectivity index (χ3n) is 7.65. The van der Waals surface area contributed by atoms with E-state index >= 15 is 0 Å². The van der Waals surface area contributed by atoms with Gasteiger partial charge in [0.1, 0.15) is 22.8 Å². The van der Waals surface area contributed by atoms with Crippen molar-refractivity contribution in [3.63, 3.8) is 0 Å². The first kappa shape index (κ1) is 28.5. The number of halogens is 1. The number of likely N-dealkylation sites (tertiary alicyclic amines) is 1. The van der Waals surface area contributed by atoms with Crippen LogP contribution in [-0.4, -0.2) is 73.3 Å². The smallest absolute Gasteiger partial charge is 0.339 e. The Hall–Kier alpha value is -3.07. The van der Waals surface area contributed by atoms with Crippen LogP contribution in [-0.2, 0) is 6.54 Å². The number of piperazine rings is 1. The minimum absolute atomic E-state index is 0.157. The predicted octanol–water partition coefficient (Wildman–Crippen LogP) is 6.52. The Morgan fingerprint density at radius 1 is 0.825 bits per heavy atom. The summed E-state index contributed by atoms with van der Waals surface area (Å²) in [7, 11) is 0. The molecule has 2 heterocycles. The maximum Gasteiger partial charge on any atom is 0.339 e. The lowest BCUT2D eigenvalue weighted by molar-refractivity contribution is 0.0694. The maximum absolute atomic E-state index is 11.8. The fourth-order valence-electron chi connectivity index (χ4n) is 5.41. The summed E-state index contributed by atoms with van der Waals surface area (Å²) in [5.74, 6) is 0.905. The summed E-state index contributed by atoms with van der Waals surface area (Å²) < 4.78 is 13.2.